The molecule has 5 rings (SSSR count). The summed E-state index contributed by atoms with van der Waals surface area (Å²) >= 11 is 1.44. The van der Waals surface area contributed by atoms with Crippen LogP contribution < -0.4 is 16.0 Å². The van der Waals surface area contributed by atoms with E-state index in [4.69, 9.17) is 0 Å². The fourth-order valence-corrected chi connectivity index (χ4v) is 4.21. The van der Waals surface area contributed by atoms with Crippen LogP contribution in [-0.2, 0) is 6.54 Å². The predicted molar refractivity (Wildman–Crippen MR) is 132 cm³/mol. The van der Waals surface area contributed by atoms with Gasteiger partial charge in [-0.15, -0.1) is 10.2 Å². The van der Waals surface area contributed by atoms with E-state index in [0.717, 1.165) is 39.3 Å². The Labute approximate surface area is 194 Å². The van der Waals surface area contributed by atoms with Gasteiger partial charge in [0.25, 0.3) is 5.91 Å². The van der Waals surface area contributed by atoms with E-state index in [1.165, 1.54) is 11.3 Å². The maximum atomic E-state index is 12.6. The van der Waals surface area contributed by atoms with E-state index in [0.29, 0.717) is 16.4 Å². The van der Waals surface area contributed by atoms with Gasteiger partial charge in [0.2, 0.25) is 5.13 Å². The summed E-state index contributed by atoms with van der Waals surface area (Å²) in [5.41, 5.74) is 5.21. The summed E-state index contributed by atoms with van der Waals surface area (Å²) < 4.78 is 0. The van der Waals surface area contributed by atoms with Crippen LogP contribution in [-0.4, -0.2) is 33.3 Å². The van der Waals surface area contributed by atoms with Crippen LogP contribution in [0.1, 0.15) is 15.9 Å². The number of nitrogens with one attached hydrogen (secondary N) is 4. The summed E-state index contributed by atoms with van der Waals surface area (Å²) in [4.78, 5) is 12.6. The molecule has 5 aromatic rings. The van der Waals surface area contributed by atoms with E-state index in [-0.39, 0.29) is 5.91 Å². The first-order valence-electron chi connectivity index (χ1n) is 10.4. The Hall–Kier alpha value is -4.08. The minimum atomic E-state index is -0.155. The van der Waals surface area contributed by atoms with E-state index in [9.17, 15) is 4.79 Å². The molecule has 0 spiro atoms. The molecule has 3 aromatic carbocycles. The zero-order valence-electron chi connectivity index (χ0n) is 17.8. The van der Waals surface area contributed by atoms with E-state index in [1.54, 1.807) is 6.20 Å². The first-order valence-corrected chi connectivity index (χ1v) is 11.2. The molecule has 2 heterocycles. The van der Waals surface area contributed by atoms with Gasteiger partial charge in [-0.05, 0) is 55.1 Å². The molecule has 0 unspecified atom stereocenters. The zero-order chi connectivity index (χ0) is 22.6. The van der Waals surface area contributed by atoms with Crippen molar-refractivity contribution in [3.63, 3.8) is 0 Å². The first-order chi connectivity index (χ1) is 16.2. The molecule has 0 saturated carbocycles. The van der Waals surface area contributed by atoms with E-state index < -0.39 is 0 Å². The largest absolute Gasteiger partial charge is 0.330 e. The van der Waals surface area contributed by atoms with Gasteiger partial charge in [-0.2, -0.15) is 5.10 Å². The number of benzene rings is 3. The lowest BCUT2D eigenvalue weighted by Crippen LogP contribution is -2.12. The maximum absolute atomic E-state index is 12.6. The molecule has 0 aliphatic rings. The molecule has 0 bridgehead atoms. The molecule has 1 amide bonds. The number of hydrogen-bond acceptors (Lipinski definition) is 7. The number of nitrogens with zero attached hydrogens (tertiary/aromatic N) is 3. The van der Waals surface area contributed by atoms with Crippen molar-refractivity contribution in [3.05, 3.63) is 84.1 Å². The summed E-state index contributed by atoms with van der Waals surface area (Å²) in [7, 11) is 1.89. The van der Waals surface area contributed by atoms with Gasteiger partial charge in [0.15, 0.2) is 0 Å². The Kier molecular flexibility index (Phi) is 5.79. The van der Waals surface area contributed by atoms with Gasteiger partial charge >= 0.3 is 0 Å². The van der Waals surface area contributed by atoms with Crippen molar-refractivity contribution < 1.29 is 4.79 Å². The second kappa shape index (κ2) is 9.19. The standard InChI is InChI=1S/C24H21N7OS/c1-25-13-15-5-7-16(8-6-15)22(32)27-19-4-2-3-17(11-19)23-30-31-24(33-23)28-20-9-10-21-18(12-20)14-26-29-21/h2-12,14,25H,13H2,1H3,(H,26,29)(H,27,32)(H,28,31). The SMILES string of the molecule is CNCc1ccc(C(=O)Nc2cccc(-c3nnc(Nc4ccc5[nH]ncc5c4)s3)c2)cc1. The molecular formula is C24H21N7OS. The van der Waals surface area contributed by atoms with E-state index in [1.807, 2.05) is 73.8 Å². The van der Waals surface area contributed by atoms with Gasteiger partial charge in [0.05, 0.1) is 11.7 Å². The molecule has 0 aliphatic carbocycles. The summed E-state index contributed by atoms with van der Waals surface area (Å²) in [6, 6.07) is 21.1. The molecule has 2 aromatic heterocycles. The highest BCUT2D eigenvalue weighted by atomic mass is 32.1. The second-order valence-corrected chi connectivity index (χ2v) is 8.45. The number of rotatable bonds is 7. The van der Waals surface area contributed by atoms with Crippen LogP contribution in [0.4, 0.5) is 16.5 Å². The van der Waals surface area contributed by atoms with Crippen LogP contribution in [0.25, 0.3) is 21.5 Å². The predicted octanol–water partition coefficient (Wildman–Crippen LogP) is 4.80. The van der Waals surface area contributed by atoms with Crippen molar-refractivity contribution in [1.29, 1.82) is 0 Å². The number of hydrogen-bond donors (Lipinski definition) is 4. The van der Waals surface area contributed by atoms with Gasteiger partial charge < -0.3 is 16.0 Å². The van der Waals surface area contributed by atoms with Crippen molar-refractivity contribution in [2.24, 2.45) is 0 Å². The smallest absolute Gasteiger partial charge is 0.255 e. The third kappa shape index (κ3) is 4.74. The quantitative estimate of drug-likeness (QED) is 0.281. The van der Waals surface area contributed by atoms with Crippen molar-refractivity contribution in [3.8, 4) is 10.6 Å². The van der Waals surface area contributed by atoms with E-state index >= 15 is 0 Å². The van der Waals surface area contributed by atoms with Crippen LogP contribution in [0.3, 0.4) is 0 Å². The lowest BCUT2D eigenvalue weighted by Gasteiger charge is -2.07. The summed E-state index contributed by atoms with van der Waals surface area (Å²) in [5, 5.41) is 27.3. The minimum Gasteiger partial charge on any atom is -0.330 e. The molecule has 0 radical (unpaired) electrons. The highest BCUT2D eigenvalue weighted by Gasteiger charge is 2.11. The van der Waals surface area contributed by atoms with Crippen LogP contribution in [0.5, 0.6) is 0 Å². The second-order valence-electron chi connectivity index (χ2n) is 7.47. The van der Waals surface area contributed by atoms with Crippen LogP contribution in [0.2, 0.25) is 0 Å². The molecule has 164 valence electrons. The van der Waals surface area contributed by atoms with Crippen molar-refractivity contribution in [2.45, 2.75) is 6.54 Å². The number of anilines is 3. The highest BCUT2D eigenvalue weighted by Crippen LogP contribution is 2.30. The minimum absolute atomic E-state index is 0.155. The van der Waals surface area contributed by atoms with Crippen molar-refractivity contribution in [2.75, 3.05) is 17.7 Å². The third-order valence-corrected chi connectivity index (χ3v) is 5.97. The number of fused-ring (bicyclic) bond motifs is 1. The van der Waals surface area contributed by atoms with E-state index in [2.05, 4.69) is 36.3 Å². The molecule has 0 aliphatic heterocycles. The fourth-order valence-electron chi connectivity index (χ4n) is 3.45. The molecule has 0 atom stereocenters. The Balaban J connectivity index is 1.28. The molecule has 0 saturated heterocycles. The third-order valence-electron chi connectivity index (χ3n) is 5.08. The van der Waals surface area contributed by atoms with Gasteiger partial charge in [-0.3, -0.25) is 9.89 Å². The van der Waals surface area contributed by atoms with Gasteiger partial charge in [-0.25, -0.2) is 0 Å². The molecule has 33 heavy (non-hydrogen) atoms. The Morgan fingerprint density at radius 3 is 2.73 bits per heavy atom. The maximum Gasteiger partial charge on any atom is 0.255 e. The molecule has 8 nitrogen and oxygen atoms in total. The first kappa shape index (κ1) is 20.8. The van der Waals surface area contributed by atoms with Gasteiger partial charge in [-0.1, -0.05) is 35.6 Å². The number of carbonyl (C=O) groups is 1. The molecular weight excluding hydrogens is 434 g/mol. The average molecular weight is 456 g/mol. The molecule has 9 heteroatoms. The lowest BCUT2D eigenvalue weighted by atomic mass is 10.1. The van der Waals surface area contributed by atoms with Gasteiger partial charge in [0.1, 0.15) is 5.01 Å². The average Bonchev–Trinajstić information content (AvgIpc) is 3.49. The Morgan fingerprint density at radius 1 is 1.00 bits per heavy atom. The number of aromatic amines is 1. The van der Waals surface area contributed by atoms with Crippen molar-refractivity contribution >= 4 is 44.7 Å². The molecule has 4 N–H and O–H groups in total. The number of amides is 1. The highest BCUT2D eigenvalue weighted by molar-refractivity contribution is 7.18. The number of H-pyrrole nitrogens is 1. The Bertz CT molecular complexity index is 1410. The summed E-state index contributed by atoms with van der Waals surface area (Å²) in [6.45, 7) is 0.764. The van der Waals surface area contributed by atoms with Gasteiger partial charge in [0, 0.05) is 34.4 Å². The number of aromatic nitrogens is 4. The Morgan fingerprint density at radius 2 is 1.88 bits per heavy atom. The normalized spacial score (nSPS) is 10.9. The summed E-state index contributed by atoms with van der Waals surface area (Å²) in [6.07, 6.45) is 1.78. The molecule has 0 fully saturated rings. The monoisotopic (exact) mass is 455 g/mol. The lowest BCUT2D eigenvalue weighted by molar-refractivity contribution is 0.102. The van der Waals surface area contributed by atoms with Crippen LogP contribution >= 0.6 is 11.3 Å². The summed E-state index contributed by atoms with van der Waals surface area (Å²) in [5.74, 6) is -0.155. The fraction of sp³-hybridized carbons (Fsp3) is 0.0833. The number of carbonyl (C=O) groups excluding carboxylic acids is 1. The topological polar surface area (TPSA) is 108 Å². The van der Waals surface area contributed by atoms with Crippen LogP contribution in [0, 0.1) is 0 Å². The van der Waals surface area contributed by atoms with Crippen molar-refractivity contribution in [1.82, 2.24) is 25.7 Å². The van der Waals surface area contributed by atoms with Crippen LogP contribution in [0.15, 0.2) is 72.9 Å². The zero-order valence-corrected chi connectivity index (χ0v) is 18.6.